The molecule has 1 rings (SSSR count). The molecule has 1 unspecified atom stereocenters. The van der Waals surface area contributed by atoms with Crippen LogP contribution in [0.15, 0.2) is 12.3 Å². The van der Waals surface area contributed by atoms with Gasteiger partial charge in [0.2, 0.25) is 5.95 Å². The summed E-state index contributed by atoms with van der Waals surface area (Å²) in [6, 6.07) is -0.532. The number of methoxy groups -OCH3 is 1. The minimum Gasteiger partial charge on any atom is -0.467 e. The SMILES string of the molecule is COC(=O)C(CO)Nc1nccc(C(F)(F)F)n1. The van der Waals surface area contributed by atoms with E-state index in [1.165, 1.54) is 0 Å². The molecule has 6 nitrogen and oxygen atoms in total. The Labute approximate surface area is 99.8 Å². The van der Waals surface area contributed by atoms with E-state index in [4.69, 9.17) is 5.11 Å². The highest BCUT2D eigenvalue weighted by Crippen LogP contribution is 2.27. The summed E-state index contributed by atoms with van der Waals surface area (Å²) in [4.78, 5) is 17.8. The summed E-state index contributed by atoms with van der Waals surface area (Å²) >= 11 is 0. The van der Waals surface area contributed by atoms with Crippen molar-refractivity contribution in [2.45, 2.75) is 12.2 Å². The molecule has 1 aromatic heterocycles. The minimum absolute atomic E-state index is 0.422. The normalized spacial score (nSPS) is 12.9. The summed E-state index contributed by atoms with van der Waals surface area (Å²) in [6.45, 7) is -0.660. The number of alkyl halides is 3. The van der Waals surface area contributed by atoms with Crippen LogP contribution in [0.2, 0.25) is 0 Å². The van der Waals surface area contributed by atoms with Crippen molar-refractivity contribution in [2.75, 3.05) is 19.0 Å². The van der Waals surface area contributed by atoms with Gasteiger partial charge in [-0.15, -0.1) is 0 Å². The molecule has 0 aliphatic carbocycles. The highest BCUT2D eigenvalue weighted by atomic mass is 19.4. The third-order valence-corrected chi connectivity index (χ3v) is 1.92. The first kappa shape index (κ1) is 14.2. The number of aliphatic hydroxyl groups is 1. The van der Waals surface area contributed by atoms with E-state index in [1.807, 2.05) is 0 Å². The third-order valence-electron chi connectivity index (χ3n) is 1.92. The van der Waals surface area contributed by atoms with Gasteiger partial charge in [-0.3, -0.25) is 0 Å². The molecule has 0 fully saturated rings. The molecule has 0 saturated carbocycles. The second-order valence-electron chi connectivity index (χ2n) is 3.17. The van der Waals surface area contributed by atoms with Crippen molar-refractivity contribution in [2.24, 2.45) is 0 Å². The Bertz CT molecular complexity index is 425. The number of rotatable bonds is 4. The Kier molecular flexibility index (Phi) is 4.43. The number of aliphatic hydroxyl groups excluding tert-OH is 1. The molecule has 0 spiro atoms. The van der Waals surface area contributed by atoms with Crippen molar-refractivity contribution in [3.05, 3.63) is 18.0 Å². The molecule has 0 radical (unpaired) electrons. The van der Waals surface area contributed by atoms with Crippen LogP contribution < -0.4 is 5.32 Å². The number of esters is 1. The first-order chi connectivity index (χ1) is 8.38. The van der Waals surface area contributed by atoms with Crippen molar-refractivity contribution in [3.63, 3.8) is 0 Å². The Morgan fingerprint density at radius 2 is 2.28 bits per heavy atom. The Balaban J connectivity index is 2.88. The van der Waals surface area contributed by atoms with E-state index in [-0.39, 0.29) is 0 Å². The predicted molar refractivity (Wildman–Crippen MR) is 53.5 cm³/mol. The Morgan fingerprint density at radius 3 is 2.78 bits per heavy atom. The number of ether oxygens (including phenoxy) is 1. The van der Waals surface area contributed by atoms with Gasteiger partial charge in [-0.05, 0) is 6.07 Å². The van der Waals surface area contributed by atoms with Gasteiger partial charge in [-0.25, -0.2) is 14.8 Å². The Morgan fingerprint density at radius 1 is 1.61 bits per heavy atom. The van der Waals surface area contributed by atoms with Gasteiger partial charge in [0.15, 0.2) is 6.04 Å². The molecule has 1 aromatic rings. The molecule has 1 heterocycles. The van der Waals surface area contributed by atoms with E-state index in [2.05, 4.69) is 20.0 Å². The highest BCUT2D eigenvalue weighted by Gasteiger charge is 2.33. The summed E-state index contributed by atoms with van der Waals surface area (Å²) < 4.78 is 41.4. The molecule has 18 heavy (non-hydrogen) atoms. The van der Waals surface area contributed by atoms with Crippen molar-refractivity contribution >= 4 is 11.9 Å². The summed E-state index contributed by atoms with van der Waals surface area (Å²) in [6.07, 6.45) is -3.72. The smallest absolute Gasteiger partial charge is 0.433 e. The number of anilines is 1. The van der Waals surface area contributed by atoms with Crippen LogP contribution in [0.3, 0.4) is 0 Å². The molecule has 0 aromatic carbocycles. The van der Waals surface area contributed by atoms with Crippen molar-refractivity contribution in [3.8, 4) is 0 Å². The number of carbonyl (C=O) groups is 1. The van der Waals surface area contributed by atoms with Crippen LogP contribution in [-0.4, -0.2) is 40.8 Å². The molecule has 0 aliphatic heterocycles. The summed E-state index contributed by atoms with van der Waals surface area (Å²) in [7, 11) is 1.08. The largest absolute Gasteiger partial charge is 0.467 e. The number of nitrogens with one attached hydrogen (secondary N) is 1. The van der Waals surface area contributed by atoms with Crippen molar-refractivity contribution in [1.29, 1.82) is 0 Å². The molecule has 0 aliphatic rings. The molecule has 100 valence electrons. The van der Waals surface area contributed by atoms with Gasteiger partial charge in [-0.2, -0.15) is 13.2 Å². The zero-order valence-corrected chi connectivity index (χ0v) is 9.23. The van der Waals surface area contributed by atoms with Crippen molar-refractivity contribution in [1.82, 2.24) is 9.97 Å². The lowest BCUT2D eigenvalue weighted by Crippen LogP contribution is -2.34. The number of aromatic nitrogens is 2. The number of hydrogen-bond acceptors (Lipinski definition) is 6. The lowest BCUT2D eigenvalue weighted by atomic mass is 10.3. The maximum absolute atomic E-state index is 12.4. The maximum Gasteiger partial charge on any atom is 0.433 e. The molecule has 1 atom stereocenters. The third kappa shape index (κ3) is 3.55. The Hall–Kier alpha value is -1.90. The van der Waals surface area contributed by atoms with E-state index in [9.17, 15) is 18.0 Å². The number of nitrogens with zero attached hydrogens (tertiary/aromatic N) is 2. The van der Waals surface area contributed by atoms with Gasteiger partial charge in [-0.1, -0.05) is 0 Å². The summed E-state index contributed by atoms with van der Waals surface area (Å²) in [5, 5.41) is 11.1. The van der Waals surface area contributed by atoms with Crippen LogP contribution in [0.5, 0.6) is 0 Å². The van der Waals surface area contributed by atoms with Gasteiger partial charge >= 0.3 is 12.1 Å². The topological polar surface area (TPSA) is 84.3 Å². The highest BCUT2D eigenvalue weighted by molar-refractivity contribution is 5.78. The number of hydrogen-bond donors (Lipinski definition) is 2. The fraction of sp³-hybridized carbons (Fsp3) is 0.444. The van der Waals surface area contributed by atoms with E-state index >= 15 is 0 Å². The van der Waals surface area contributed by atoms with Crippen LogP contribution in [0.1, 0.15) is 5.69 Å². The molecular formula is C9H10F3N3O3. The van der Waals surface area contributed by atoms with E-state index < -0.39 is 36.4 Å². The second-order valence-corrected chi connectivity index (χ2v) is 3.17. The fourth-order valence-corrected chi connectivity index (χ4v) is 1.06. The van der Waals surface area contributed by atoms with E-state index in [1.54, 1.807) is 0 Å². The number of halogens is 3. The molecule has 0 amide bonds. The first-order valence-electron chi connectivity index (χ1n) is 4.74. The minimum atomic E-state index is -4.61. The fourth-order valence-electron chi connectivity index (χ4n) is 1.06. The zero-order chi connectivity index (χ0) is 13.8. The van der Waals surface area contributed by atoms with Gasteiger partial charge < -0.3 is 15.2 Å². The average Bonchev–Trinajstić information content (AvgIpc) is 2.34. The molecule has 9 heteroatoms. The van der Waals surface area contributed by atoms with Gasteiger partial charge in [0.1, 0.15) is 5.69 Å². The lowest BCUT2D eigenvalue weighted by Gasteiger charge is -2.14. The first-order valence-corrected chi connectivity index (χ1v) is 4.74. The molecular weight excluding hydrogens is 255 g/mol. The standard InChI is InChI=1S/C9H10F3N3O3/c1-18-7(17)5(4-16)14-8-13-3-2-6(15-8)9(10,11)12/h2-3,5,16H,4H2,1H3,(H,13,14,15). The summed E-state index contributed by atoms with van der Waals surface area (Å²) in [5.41, 5.74) is -1.15. The van der Waals surface area contributed by atoms with Crippen LogP contribution >= 0.6 is 0 Å². The quantitative estimate of drug-likeness (QED) is 0.768. The van der Waals surface area contributed by atoms with Crippen LogP contribution in [-0.2, 0) is 15.7 Å². The van der Waals surface area contributed by atoms with E-state index in [0.29, 0.717) is 6.07 Å². The monoisotopic (exact) mass is 265 g/mol. The molecule has 2 N–H and O–H groups in total. The van der Waals surface area contributed by atoms with Gasteiger partial charge in [0.05, 0.1) is 13.7 Å². The van der Waals surface area contributed by atoms with Crippen LogP contribution in [0, 0.1) is 0 Å². The molecule has 0 bridgehead atoms. The van der Waals surface area contributed by atoms with Gasteiger partial charge in [0, 0.05) is 6.20 Å². The van der Waals surface area contributed by atoms with Gasteiger partial charge in [0.25, 0.3) is 0 Å². The maximum atomic E-state index is 12.4. The van der Waals surface area contributed by atoms with Crippen LogP contribution in [0.4, 0.5) is 19.1 Å². The average molecular weight is 265 g/mol. The number of carbonyl (C=O) groups excluding carboxylic acids is 1. The lowest BCUT2D eigenvalue weighted by molar-refractivity contribution is -0.142. The van der Waals surface area contributed by atoms with Crippen molar-refractivity contribution < 1.29 is 27.8 Å². The van der Waals surface area contributed by atoms with Crippen LogP contribution in [0.25, 0.3) is 0 Å². The molecule has 0 saturated heterocycles. The zero-order valence-electron chi connectivity index (χ0n) is 9.23. The predicted octanol–water partition coefficient (Wildman–Crippen LogP) is 0.441. The van der Waals surface area contributed by atoms with E-state index in [0.717, 1.165) is 13.3 Å². The second kappa shape index (κ2) is 5.63. The summed E-state index contributed by atoms with van der Waals surface area (Å²) in [5.74, 6) is -1.26.